The van der Waals surface area contributed by atoms with E-state index in [4.69, 9.17) is 9.47 Å². The van der Waals surface area contributed by atoms with Crippen LogP contribution in [-0.4, -0.2) is 68.5 Å². The van der Waals surface area contributed by atoms with Gasteiger partial charge in [0.25, 0.3) is 11.1 Å². The molecule has 0 aliphatic carbocycles. The summed E-state index contributed by atoms with van der Waals surface area (Å²) in [6.45, 7) is -0.947. The molecule has 0 atom stereocenters. The Balaban J connectivity index is 1.44. The molecule has 2 heterocycles. The highest BCUT2D eigenvalue weighted by atomic mass is 32.2. The molecule has 1 N–H and O–H groups in total. The minimum Gasteiger partial charge on any atom is -0.493 e. The second-order valence-electron chi connectivity index (χ2n) is 7.72. The molecule has 0 saturated carbocycles. The van der Waals surface area contributed by atoms with E-state index in [0.717, 1.165) is 10.6 Å². The predicted octanol–water partition coefficient (Wildman–Crippen LogP) is 3.81. The lowest BCUT2D eigenvalue weighted by Crippen LogP contribution is -2.38. The van der Waals surface area contributed by atoms with Gasteiger partial charge in [-0.15, -0.1) is 0 Å². The van der Waals surface area contributed by atoms with Gasteiger partial charge in [-0.25, -0.2) is 0 Å². The van der Waals surface area contributed by atoms with Gasteiger partial charge >= 0.3 is 6.61 Å². The van der Waals surface area contributed by atoms with Gasteiger partial charge in [-0.3, -0.25) is 19.3 Å². The molecule has 2 saturated heterocycles. The van der Waals surface area contributed by atoms with Crippen LogP contribution < -0.4 is 19.7 Å². The molecule has 2 aromatic rings. The van der Waals surface area contributed by atoms with Crippen LogP contribution in [0.4, 0.5) is 25.0 Å². The molecule has 0 unspecified atom stereocenters. The number of carbonyl (C=O) groups excluding carboxylic acids is 3. The predicted molar refractivity (Wildman–Crippen MR) is 130 cm³/mol. The maximum absolute atomic E-state index is 12.8. The van der Waals surface area contributed by atoms with E-state index in [1.54, 1.807) is 12.1 Å². The summed E-state index contributed by atoms with van der Waals surface area (Å²) in [5, 5.41) is 2.20. The van der Waals surface area contributed by atoms with Gasteiger partial charge in [0.2, 0.25) is 5.91 Å². The van der Waals surface area contributed by atoms with Crippen molar-refractivity contribution in [2.45, 2.75) is 6.61 Å². The fraction of sp³-hybridized carbons (Fsp3) is 0.292. The summed E-state index contributed by atoms with van der Waals surface area (Å²) in [7, 11) is 1.29. The summed E-state index contributed by atoms with van der Waals surface area (Å²) in [4.78, 5) is 41.1. The number of nitrogens with zero attached hydrogens (tertiary/aromatic N) is 2. The molecule has 2 aromatic carbocycles. The maximum Gasteiger partial charge on any atom is 0.387 e. The highest BCUT2D eigenvalue weighted by Crippen LogP contribution is 2.35. The van der Waals surface area contributed by atoms with Crippen molar-refractivity contribution in [3.63, 3.8) is 0 Å². The second kappa shape index (κ2) is 11.4. The first-order valence-electron chi connectivity index (χ1n) is 11.0. The number of carbonyl (C=O) groups is 3. The van der Waals surface area contributed by atoms with Crippen LogP contribution in [-0.2, 0) is 14.3 Å². The van der Waals surface area contributed by atoms with E-state index in [1.807, 2.05) is 12.1 Å². The van der Waals surface area contributed by atoms with Crippen LogP contribution in [0.3, 0.4) is 0 Å². The zero-order chi connectivity index (χ0) is 25.7. The van der Waals surface area contributed by atoms with Crippen LogP contribution in [0, 0.1) is 0 Å². The van der Waals surface area contributed by atoms with E-state index in [1.165, 1.54) is 31.4 Å². The lowest BCUT2D eigenvalue weighted by Gasteiger charge is -2.30. The van der Waals surface area contributed by atoms with Gasteiger partial charge in [0.05, 0.1) is 36.6 Å². The largest absolute Gasteiger partial charge is 0.493 e. The molecule has 12 heteroatoms. The number of halogens is 2. The molecule has 2 fully saturated rings. The summed E-state index contributed by atoms with van der Waals surface area (Å²) < 4.78 is 39.9. The number of anilines is 2. The van der Waals surface area contributed by atoms with Crippen molar-refractivity contribution in [1.29, 1.82) is 0 Å². The zero-order valence-corrected chi connectivity index (χ0v) is 20.1. The molecule has 190 valence electrons. The lowest BCUT2D eigenvalue weighted by molar-refractivity contribution is -0.127. The van der Waals surface area contributed by atoms with Gasteiger partial charge in [-0.05, 0) is 47.7 Å². The smallest absolute Gasteiger partial charge is 0.387 e. The summed E-state index contributed by atoms with van der Waals surface area (Å²) in [6, 6.07) is 11.4. The average Bonchev–Trinajstić information content (AvgIpc) is 3.12. The number of thioether (sulfide) groups is 1. The van der Waals surface area contributed by atoms with Crippen LogP contribution in [0.25, 0.3) is 6.08 Å². The fourth-order valence-corrected chi connectivity index (χ4v) is 4.59. The Morgan fingerprint density at radius 2 is 1.92 bits per heavy atom. The molecular formula is C24H23F2N3O6S. The fourth-order valence-electron chi connectivity index (χ4n) is 3.75. The number of benzene rings is 2. The number of amides is 3. The van der Waals surface area contributed by atoms with E-state index < -0.39 is 30.2 Å². The molecule has 2 aliphatic rings. The zero-order valence-electron chi connectivity index (χ0n) is 19.2. The Bertz CT molecular complexity index is 1190. The highest BCUT2D eigenvalue weighted by molar-refractivity contribution is 8.18. The number of imide groups is 1. The number of hydrogen-bond acceptors (Lipinski definition) is 8. The van der Waals surface area contributed by atoms with E-state index in [-0.39, 0.29) is 16.4 Å². The van der Waals surface area contributed by atoms with E-state index in [9.17, 15) is 23.2 Å². The minimum absolute atomic E-state index is 0.0431. The first kappa shape index (κ1) is 25.5. The Hall–Kier alpha value is -3.64. The van der Waals surface area contributed by atoms with Gasteiger partial charge in [-0.1, -0.05) is 18.2 Å². The van der Waals surface area contributed by atoms with Gasteiger partial charge < -0.3 is 24.4 Å². The third-order valence-corrected chi connectivity index (χ3v) is 6.31. The number of nitrogens with one attached hydrogen (secondary N) is 1. The topological polar surface area (TPSA) is 97.4 Å². The first-order valence-corrected chi connectivity index (χ1v) is 11.8. The summed E-state index contributed by atoms with van der Waals surface area (Å²) in [5.74, 6) is -1.27. The Morgan fingerprint density at radius 3 is 2.64 bits per heavy atom. The van der Waals surface area contributed by atoms with Crippen LogP contribution in [0.5, 0.6) is 11.5 Å². The van der Waals surface area contributed by atoms with Crippen molar-refractivity contribution in [2.24, 2.45) is 0 Å². The molecular weight excluding hydrogens is 496 g/mol. The van der Waals surface area contributed by atoms with Gasteiger partial charge in [-0.2, -0.15) is 8.78 Å². The standard InChI is InChI=1S/C24H23F2N3O6S/c1-33-19-12-15(6-7-18(19)35-23(25)26)13-20-22(31)29(24(32)36-20)14-21(30)27-16-4-2-3-5-17(16)28-8-10-34-11-9-28/h2-7,12-13,23H,8-11,14H2,1H3,(H,27,30)/b20-13-. The lowest BCUT2D eigenvalue weighted by atomic mass is 10.2. The number of alkyl halides is 2. The number of hydrogen-bond donors (Lipinski definition) is 1. The number of morpholine rings is 1. The molecule has 2 aliphatic heterocycles. The van der Waals surface area contributed by atoms with Gasteiger partial charge in [0, 0.05) is 13.1 Å². The number of methoxy groups -OCH3 is 1. The van der Waals surface area contributed by atoms with Gasteiger partial charge in [0.15, 0.2) is 11.5 Å². The third-order valence-electron chi connectivity index (χ3n) is 5.41. The van der Waals surface area contributed by atoms with Crippen LogP contribution in [0.1, 0.15) is 5.56 Å². The molecule has 9 nitrogen and oxygen atoms in total. The van der Waals surface area contributed by atoms with Crippen molar-refractivity contribution in [1.82, 2.24) is 4.90 Å². The van der Waals surface area contributed by atoms with Crippen molar-refractivity contribution in [3.8, 4) is 11.5 Å². The molecule has 0 bridgehead atoms. The summed E-state index contributed by atoms with van der Waals surface area (Å²) >= 11 is 0.683. The molecule has 0 radical (unpaired) electrons. The van der Waals surface area contributed by atoms with Crippen molar-refractivity contribution >= 4 is 46.3 Å². The average molecular weight is 520 g/mol. The number of ether oxygens (including phenoxy) is 3. The Kier molecular flexibility index (Phi) is 8.06. The Labute approximate surface area is 210 Å². The first-order chi connectivity index (χ1) is 17.4. The van der Waals surface area contributed by atoms with Crippen LogP contribution >= 0.6 is 11.8 Å². The van der Waals surface area contributed by atoms with Crippen molar-refractivity contribution in [2.75, 3.05) is 50.2 Å². The van der Waals surface area contributed by atoms with E-state index >= 15 is 0 Å². The summed E-state index contributed by atoms with van der Waals surface area (Å²) in [6.07, 6.45) is 1.42. The normalized spacial score (nSPS) is 17.2. The van der Waals surface area contributed by atoms with Crippen molar-refractivity contribution in [3.05, 3.63) is 52.9 Å². The SMILES string of the molecule is COc1cc(/C=C2\SC(=O)N(CC(=O)Nc3ccccc3N3CCOCC3)C2=O)ccc1OC(F)F. The van der Waals surface area contributed by atoms with E-state index in [2.05, 4.69) is 15.0 Å². The maximum atomic E-state index is 12.8. The summed E-state index contributed by atoms with van der Waals surface area (Å²) in [5.41, 5.74) is 1.84. The van der Waals surface area contributed by atoms with E-state index in [0.29, 0.717) is 49.3 Å². The molecule has 36 heavy (non-hydrogen) atoms. The molecule has 4 rings (SSSR count). The van der Waals surface area contributed by atoms with Crippen LogP contribution in [0.2, 0.25) is 0 Å². The molecule has 0 spiro atoms. The third kappa shape index (κ3) is 5.94. The number of rotatable bonds is 8. The highest BCUT2D eigenvalue weighted by Gasteiger charge is 2.36. The monoisotopic (exact) mass is 519 g/mol. The molecule has 3 amide bonds. The van der Waals surface area contributed by atoms with Crippen LogP contribution in [0.15, 0.2) is 47.4 Å². The molecule has 0 aromatic heterocycles. The quantitative estimate of drug-likeness (QED) is 0.526. The minimum atomic E-state index is -3.02. The van der Waals surface area contributed by atoms with Gasteiger partial charge in [0.1, 0.15) is 6.54 Å². The van der Waals surface area contributed by atoms with Crippen molar-refractivity contribution < 1.29 is 37.4 Å². The second-order valence-corrected chi connectivity index (χ2v) is 8.71. The Morgan fingerprint density at radius 1 is 1.17 bits per heavy atom. The number of para-hydroxylation sites is 2.